The topological polar surface area (TPSA) is 84.0 Å². The molecule has 15 heavy (non-hydrogen) atoms. The third-order valence-electron chi connectivity index (χ3n) is 2.90. The standard InChI is InChI=1S/C9H8N4O2/c1-9-2-4(14)12-6-5(9)7(11-3-10-6)13-8(9)15/h3H,2H2,1H3,(H2,10,11,12,13,14,15). The lowest BCUT2D eigenvalue weighted by molar-refractivity contribution is -0.125. The quantitative estimate of drug-likeness (QED) is 0.624. The predicted octanol–water partition coefficient (Wildman–Crippen LogP) is 0.0286. The molecule has 1 unspecified atom stereocenters. The molecule has 0 saturated heterocycles. The van der Waals surface area contributed by atoms with Crippen LogP contribution in [0.2, 0.25) is 0 Å². The molecule has 1 aromatic heterocycles. The van der Waals surface area contributed by atoms with Crippen LogP contribution in [0, 0.1) is 0 Å². The Labute approximate surface area is 85.1 Å². The van der Waals surface area contributed by atoms with Gasteiger partial charge >= 0.3 is 0 Å². The van der Waals surface area contributed by atoms with E-state index in [-0.39, 0.29) is 18.2 Å². The van der Waals surface area contributed by atoms with E-state index in [1.165, 1.54) is 6.33 Å². The second kappa shape index (κ2) is 2.33. The van der Waals surface area contributed by atoms with Crippen LogP contribution in [0.5, 0.6) is 0 Å². The second-order valence-electron chi connectivity index (χ2n) is 3.96. The summed E-state index contributed by atoms with van der Waals surface area (Å²) in [5, 5.41) is 5.29. The van der Waals surface area contributed by atoms with E-state index >= 15 is 0 Å². The van der Waals surface area contributed by atoms with Crippen LogP contribution < -0.4 is 10.6 Å². The van der Waals surface area contributed by atoms with Crippen LogP contribution in [0.1, 0.15) is 18.9 Å². The zero-order valence-corrected chi connectivity index (χ0v) is 8.00. The van der Waals surface area contributed by atoms with E-state index in [1.54, 1.807) is 6.92 Å². The number of anilines is 2. The molecule has 0 saturated carbocycles. The minimum absolute atomic E-state index is 0.145. The van der Waals surface area contributed by atoms with E-state index in [2.05, 4.69) is 20.6 Å². The van der Waals surface area contributed by atoms with Gasteiger partial charge in [0.1, 0.15) is 18.0 Å². The summed E-state index contributed by atoms with van der Waals surface area (Å²) in [6, 6.07) is 0. The van der Waals surface area contributed by atoms with Crippen LogP contribution in [0.4, 0.5) is 11.6 Å². The van der Waals surface area contributed by atoms with Gasteiger partial charge in [-0.15, -0.1) is 0 Å². The molecule has 6 nitrogen and oxygen atoms in total. The number of rotatable bonds is 0. The molecule has 6 heteroatoms. The molecule has 3 heterocycles. The summed E-state index contributed by atoms with van der Waals surface area (Å²) in [6.07, 6.45) is 1.47. The largest absolute Gasteiger partial charge is 0.310 e. The van der Waals surface area contributed by atoms with Crippen molar-refractivity contribution >= 4 is 23.5 Å². The Balaban J connectivity index is 2.33. The van der Waals surface area contributed by atoms with Gasteiger partial charge in [-0.2, -0.15) is 0 Å². The third-order valence-corrected chi connectivity index (χ3v) is 2.90. The number of carbonyl (C=O) groups is 2. The van der Waals surface area contributed by atoms with Crippen molar-refractivity contribution < 1.29 is 9.59 Å². The van der Waals surface area contributed by atoms with Crippen molar-refractivity contribution in [2.75, 3.05) is 10.6 Å². The Morgan fingerprint density at radius 2 is 1.93 bits per heavy atom. The fraction of sp³-hybridized carbons (Fsp3) is 0.333. The zero-order valence-electron chi connectivity index (χ0n) is 8.00. The highest BCUT2D eigenvalue weighted by atomic mass is 16.2. The monoisotopic (exact) mass is 204 g/mol. The SMILES string of the molecule is CC12CC(=O)Nc3ncnc(c31)NC2=O. The average molecular weight is 204 g/mol. The number of carbonyl (C=O) groups excluding carboxylic acids is 2. The summed E-state index contributed by atoms with van der Waals surface area (Å²) < 4.78 is 0. The minimum Gasteiger partial charge on any atom is -0.310 e. The molecule has 0 bridgehead atoms. The highest BCUT2D eigenvalue weighted by Gasteiger charge is 2.50. The summed E-state index contributed by atoms with van der Waals surface area (Å²) in [5.41, 5.74) is -0.108. The molecular weight excluding hydrogens is 196 g/mol. The van der Waals surface area contributed by atoms with Crippen LogP contribution in [-0.2, 0) is 15.0 Å². The Morgan fingerprint density at radius 3 is 2.67 bits per heavy atom. The first-order valence-electron chi connectivity index (χ1n) is 4.58. The summed E-state index contributed by atoms with van der Waals surface area (Å²) in [6.45, 7) is 1.74. The first-order valence-corrected chi connectivity index (χ1v) is 4.58. The molecule has 0 fully saturated rings. The number of aromatic nitrogens is 2. The van der Waals surface area contributed by atoms with Gasteiger partial charge in [0.15, 0.2) is 0 Å². The summed E-state index contributed by atoms with van der Waals surface area (Å²) in [7, 11) is 0. The summed E-state index contributed by atoms with van der Waals surface area (Å²) >= 11 is 0. The molecule has 0 radical (unpaired) electrons. The van der Waals surface area contributed by atoms with Crippen molar-refractivity contribution in [3.05, 3.63) is 11.9 Å². The zero-order chi connectivity index (χ0) is 10.6. The van der Waals surface area contributed by atoms with E-state index in [4.69, 9.17) is 0 Å². The highest BCUT2D eigenvalue weighted by molar-refractivity contribution is 6.12. The van der Waals surface area contributed by atoms with Gasteiger partial charge in [0.05, 0.1) is 11.0 Å². The van der Waals surface area contributed by atoms with Crippen LogP contribution in [0.25, 0.3) is 0 Å². The first-order chi connectivity index (χ1) is 7.11. The summed E-state index contributed by atoms with van der Waals surface area (Å²) in [4.78, 5) is 31.1. The van der Waals surface area contributed by atoms with E-state index in [1.807, 2.05) is 0 Å². The molecular formula is C9H8N4O2. The van der Waals surface area contributed by atoms with Gasteiger partial charge in [0.2, 0.25) is 11.8 Å². The summed E-state index contributed by atoms with van der Waals surface area (Å²) in [5.74, 6) is 0.574. The predicted molar refractivity (Wildman–Crippen MR) is 51.3 cm³/mol. The molecule has 0 spiro atoms. The Morgan fingerprint density at radius 1 is 1.27 bits per heavy atom. The van der Waals surface area contributed by atoms with Crippen LogP contribution in [0.3, 0.4) is 0 Å². The van der Waals surface area contributed by atoms with Gasteiger partial charge in [-0.1, -0.05) is 0 Å². The molecule has 76 valence electrons. The lowest BCUT2D eigenvalue weighted by Crippen LogP contribution is -2.39. The van der Waals surface area contributed by atoms with Crippen molar-refractivity contribution in [3.8, 4) is 0 Å². The van der Waals surface area contributed by atoms with Crippen molar-refractivity contribution in [2.45, 2.75) is 18.8 Å². The fourth-order valence-corrected chi connectivity index (χ4v) is 2.12. The molecule has 2 N–H and O–H groups in total. The normalized spacial score (nSPS) is 27.0. The fourth-order valence-electron chi connectivity index (χ4n) is 2.12. The van der Waals surface area contributed by atoms with Crippen molar-refractivity contribution in [2.24, 2.45) is 0 Å². The van der Waals surface area contributed by atoms with Crippen molar-refractivity contribution in [1.29, 1.82) is 0 Å². The third kappa shape index (κ3) is 0.881. The van der Waals surface area contributed by atoms with Gasteiger partial charge < -0.3 is 10.6 Å². The molecule has 2 aliphatic heterocycles. The molecule has 1 atom stereocenters. The Kier molecular flexibility index (Phi) is 1.30. The van der Waals surface area contributed by atoms with E-state index in [9.17, 15) is 9.59 Å². The van der Waals surface area contributed by atoms with Gasteiger partial charge in [-0.05, 0) is 6.92 Å². The number of nitrogens with zero attached hydrogens (tertiary/aromatic N) is 2. The van der Waals surface area contributed by atoms with Crippen LogP contribution in [-0.4, -0.2) is 21.8 Å². The molecule has 2 aliphatic rings. The second-order valence-corrected chi connectivity index (χ2v) is 3.96. The van der Waals surface area contributed by atoms with Crippen molar-refractivity contribution in [3.63, 3.8) is 0 Å². The van der Waals surface area contributed by atoms with E-state index in [0.29, 0.717) is 17.2 Å². The maximum absolute atomic E-state index is 11.8. The lowest BCUT2D eigenvalue weighted by Gasteiger charge is -2.27. The van der Waals surface area contributed by atoms with Gasteiger partial charge in [0.25, 0.3) is 0 Å². The van der Waals surface area contributed by atoms with Crippen LogP contribution in [0.15, 0.2) is 6.33 Å². The molecule has 2 amide bonds. The highest BCUT2D eigenvalue weighted by Crippen LogP contribution is 2.44. The van der Waals surface area contributed by atoms with Gasteiger partial charge in [0, 0.05) is 6.42 Å². The van der Waals surface area contributed by atoms with Gasteiger partial charge in [-0.25, -0.2) is 9.97 Å². The average Bonchev–Trinajstić information content (AvgIpc) is 2.39. The van der Waals surface area contributed by atoms with Crippen molar-refractivity contribution in [1.82, 2.24) is 9.97 Å². The van der Waals surface area contributed by atoms with E-state index in [0.717, 1.165) is 0 Å². The van der Waals surface area contributed by atoms with E-state index < -0.39 is 5.41 Å². The minimum atomic E-state index is -0.811. The number of nitrogens with one attached hydrogen (secondary N) is 2. The Hall–Kier alpha value is -1.98. The molecule has 1 aromatic rings. The maximum atomic E-state index is 11.8. The number of amides is 2. The molecule has 0 aliphatic carbocycles. The van der Waals surface area contributed by atoms with Gasteiger partial charge in [-0.3, -0.25) is 9.59 Å². The lowest BCUT2D eigenvalue weighted by atomic mass is 9.79. The van der Waals surface area contributed by atoms with Crippen LogP contribution >= 0.6 is 0 Å². The smallest absolute Gasteiger partial charge is 0.236 e. The first kappa shape index (κ1) is 8.34. The molecule has 0 aromatic carbocycles. The maximum Gasteiger partial charge on any atom is 0.236 e. The number of hydrogen-bond donors (Lipinski definition) is 2. The Bertz CT molecular complexity index is 499. The number of hydrogen-bond acceptors (Lipinski definition) is 4. The molecule has 3 rings (SSSR count).